The van der Waals surface area contributed by atoms with Gasteiger partial charge in [0.05, 0.1) is 6.54 Å². The molecule has 14 heavy (non-hydrogen) atoms. The van der Waals surface area contributed by atoms with E-state index < -0.39 is 0 Å². The lowest BCUT2D eigenvalue weighted by Crippen LogP contribution is -1.98. The largest absolute Gasteiger partial charge is 0.379 e. The van der Waals surface area contributed by atoms with Gasteiger partial charge in [0.1, 0.15) is 0 Å². The number of hydrogen-bond donors (Lipinski definition) is 2. The van der Waals surface area contributed by atoms with E-state index in [-0.39, 0.29) is 0 Å². The average molecular weight is 207 g/mol. The van der Waals surface area contributed by atoms with Crippen LogP contribution in [0, 0.1) is 0 Å². The van der Waals surface area contributed by atoms with Gasteiger partial charge in [0.25, 0.3) is 0 Å². The van der Waals surface area contributed by atoms with Crippen LogP contribution in [0.25, 0.3) is 0 Å². The number of rotatable bonds is 3. The summed E-state index contributed by atoms with van der Waals surface area (Å²) in [6.45, 7) is 0.800. The normalized spacial score (nSPS) is 10.1. The molecule has 1 aromatic carbocycles. The molecule has 2 N–H and O–H groups in total. The van der Waals surface area contributed by atoms with Gasteiger partial charge in [-0.15, -0.1) is 0 Å². The van der Waals surface area contributed by atoms with Crippen molar-refractivity contribution in [1.29, 1.82) is 0 Å². The van der Waals surface area contributed by atoms with Crippen LogP contribution in [-0.2, 0) is 6.54 Å². The molecule has 0 saturated heterocycles. The Bertz CT molecular complexity index is 378. The van der Waals surface area contributed by atoms with Crippen molar-refractivity contribution in [3.8, 4) is 0 Å². The fourth-order valence-electron chi connectivity index (χ4n) is 1.24. The Balaban J connectivity index is 1.95. The molecule has 72 valence electrons. The zero-order valence-electron chi connectivity index (χ0n) is 7.63. The molecule has 2 aromatic rings. The van der Waals surface area contributed by atoms with Crippen LogP contribution in [0.1, 0.15) is 5.69 Å². The highest BCUT2D eigenvalue weighted by molar-refractivity contribution is 6.30. The second kappa shape index (κ2) is 4.20. The van der Waals surface area contributed by atoms with Crippen molar-refractivity contribution in [3.05, 3.63) is 53.3 Å². The topological polar surface area (TPSA) is 27.8 Å². The van der Waals surface area contributed by atoms with E-state index in [4.69, 9.17) is 11.6 Å². The molecule has 0 saturated carbocycles. The van der Waals surface area contributed by atoms with E-state index in [1.165, 1.54) is 5.69 Å². The molecule has 0 radical (unpaired) electrons. The van der Waals surface area contributed by atoms with Gasteiger partial charge in [-0.25, -0.2) is 0 Å². The van der Waals surface area contributed by atoms with Crippen molar-refractivity contribution in [1.82, 2.24) is 4.98 Å². The number of nitrogens with one attached hydrogen (secondary N) is 2. The van der Waals surface area contributed by atoms with Crippen LogP contribution in [0.2, 0.25) is 5.02 Å². The van der Waals surface area contributed by atoms with Crippen LogP contribution in [0.5, 0.6) is 0 Å². The minimum atomic E-state index is 0.760. The Morgan fingerprint density at radius 1 is 1.14 bits per heavy atom. The molecular formula is C11H11ClN2. The first kappa shape index (κ1) is 9.16. The molecule has 0 unspecified atom stereocenters. The summed E-state index contributed by atoms with van der Waals surface area (Å²) in [6.07, 6.45) is 1.92. The SMILES string of the molecule is Clc1ccc(NCc2ccc[nH]2)cc1. The Hall–Kier alpha value is -1.41. The summed E-state index contributed by atoms with van der Waals surface area (Å²) in [5.41, 5.74) is 2.24. The van der Waals surface area contributed by atoms with E-state index >= 15 is 0 Å². The number of H-pyrrole nitrogens is 1. The summed E-state index contributed by atoms with van der Waals surface area (Å²) < 4.78 is 0. The Morgan fingerprint density at radius 3 is 2.57 bits per heavy atom. The zero-order valence-corrected chi connectivity index (χ0v) is 8.38. The van der Waals surface area contributed by atoms with Crippen LogP contribution in [-0.4, -0.2) is 4.98 Å². The number of aromatic nitrogens is 1. The Kier molecular flexibility index (Phi) is 2.75. The number of anilines is 1. The highest BCUT2D eigenvalue weighted by Gasteiger charge is 1.93. The van der Waals surface area contributed by atoms with Gasteiger partial charge in [0, 0.05) is 22.6 Å². The van der Waals surface area contributed by atoms with E-state index in [9.17, 15) is 0 Å². The molecule has 2 nitrogen and oxygen atoms in total. The van der Waals surface area contributed by atoms with Crippen molar-refractivity contribution < 1.29 is 0 Å². The number of aromatic amines is 1. The lowest BCUT2D eigenvalue weighted by Gasteiger charge is -2.04. The van der Waals surface area contributed by atoms with Crippen LogP contribution in [0.3, 0.4) is 0 Å². The van der Waals surface area contributed by atoms with Crippen molar-refractivity contribution in [3.63, 3.8) is 0 Å². The molecular weight excluding hydrogens is 196 g/mol. The quantitative estimate of drug-likeness (QED) is 0.793. The molecule has 0 bridgehead atoms. The van der Waals surface area contributed by atoms with E-state index in [0.717, 1.165) is 17.3 Å². The Labute approximate surface area is 87.9 Å². The van der Waals surface area contributed by atoms with E-state index in [1.54, 1.807) is 0 Å². The number of hydrogen-bond acceptors (Lipinski definition) is 1. The van der Waals surface area contributed by atoms with Gasteiger partial charge in [-0.1, -0.05) is 11.6 Å². The first-order chi connectivity index (χ1) is 6.84. The number of benzene rings is 1. The predicted octanol–water partition coefficient (Wildman–Crippen LogP) is 3.28. The molecule has 1 heterocycles. The van der Waals surface area contributed by atoms with Gasteiger partial charge in [0.2, 0.25) is 0 Å². The first-order valence-corrected chi connectivity index (χ1v) is 4.84. The maximum atomic E-state index is 5.78. The predicted molar refractivity (Wildman–Crippen MR) is 59.6 cm³/mol. The van der Waals surface area contributed by atoms with Crippen molar-refractivity contribution in [2.45, 2.75) is 6.54 Å². The summed E-state index contributed by atoms with van der Waals surface area (Å²) >= 11 is 5.78. The van der Waals surface area contributed by atoms with Gasteiger partial charge in [0.15, 0.2) is 0 Å². The molecule has 2 rings (SSSR count). The minimum Gasteiger partial charge on any atom is -0.379 e. The van der Waals surface area contributed by atoms with Gasteiger partial charge in [-0.3, -0.25) is 0 Å². The maximum absolute atomic E-state index is 5.78. The van der Waals surface area contributed by atoms with Crippen molar-refractivity contribution in [2.24, 2.45) is 0 Å². The van der Waals surface area contributed by atoms with Gasteiger partial charge >= 0.3 is 0 Å². The molecule has 0 aliphatic heterocycles. The Morgan fingerprint density at radius 2 is 1.93 bits per heavy atom. The fourth-order valence-corrected chi connectivity index (χ4v) is 1.37. The van der Waals surface area contributed by atoms with Crippen LogP contribution < -0.4 is 5.32 Å². The van der Waals surface area contributed by atoms with E-state index in [2.05, 4.69) is 10.3 Å². The molecule has 0 spiro atoms. The summed E-state index contributed by atoms with van der Waals surface area (Å²) in [6, 6.07) is 11.7. The van der Waals surface area contributed by atoms with E-state index in [1.807, 2.05) is 42.6 Å². The molecule has 0 atom stereocenters. The lowest BCUT2D eigenvalue weighted by molar-refractivity contribution is 1.07. The van der Waals surface area contributed by atoms with Crippen LogP contribution in [0.4, 0.5) is 5.69 Å². The molecule has 0 fully saturated rings. The van der Waals surface area contributed by atoms with Crippen LogP contribution >= 0.6 is 11.6 Å². The molecule has 0 amide bonds. The monoisotopic (exact) mass is 206 g/mol. The second-order valence-electron chi connectivity index (χ2n) is 3.06. The zero-order chi connectivity index (χ0) is 9.80. The summed E-state index contributed by atoms with van der Waals surface area (Å²) in [4.78, 5) is 3.13. The summed E-state index contributed by atoms with van der Waals surface area (Å²) in [5.74, 6) is 0. The molecule has 0 aliphatic rings. The molecule has 1 aromatic heterocycles. The van der Waals surface area contributed by atoms with Crippen molar-refractivity contribution >= 4 is 17.3 Å². The van der Waals surface area contributed by atoms with Gasteiger partial charge in [-0.05, 0) is 36.4 Å². The standard InChI is InChI=1S/C11H11ClN2/c12-9-3-5-10(6-4-9)14-8-11-2-1-7-13-11/h1-7,13-14H,8H2. The highest BCUT2D eigenvalue weighted by atomic mass is 35.5. The fraction of sp³-hybridized carbons (Fsp3) is 0.0909. The first-order valence-electron chi connectivity index (χ1n) is 4.46. The highest BCUT2D eigenvalue weighted by Crippen LogP contribution is 2.13. The maximum Gasteiger partial charge on any atom is 0.0551 e. The smallest absolute Gasteiger partial charge is 0.0551 e. The summed E-state index contributed by atoms with van der Waals surface area (Å²) in [7, 11) is 0. The third-order valence-electron chi connectivity index (χ3n) is 1.99. The number of halogens is 1. The molecule has 3 heteroatoms. The van der Waals surface area contributed by atoms with Crippen molar-refractivity contribution in [2.75, 3.05) is 5.32 Å². The van der Waals surface area contributed by atoms with Crippen LogP contribution in [0.15, 0.2) is 42.6 Å². The minimum absolute atomic E-state index is 0.760. The third kappa shape index (κ3) is 2.30. The lowest BCUT2D eigenvalue weighted by atomic mass is 10.3. The van der Waals surface area contributed by atoms with Gasteiger partial charge < -0.3 is 10.3 Å². The summed E-state index contributed by atoms with van der Waals surface area (Å²) in [5, 5.41) is 4.04. The molecule has 0 aliphatic carbocycles. The van der Waals surface area contributed by atoms with Gasteiger partial charge in [-0.2, -0.15) is 0 Å². The second-order valence-corrected chi connectivity index (χ2v) is 3.49. The average Bonchev–Trinajstić information content (AvgIpc) is 2.70. The third-order valence-corrected chi connectivity index (χ3v) is 2.24. The van der Waals surface area contributed by atoms with E-state index in [0.29, 0.717) is 0 Å².